The van der Waals surface area contributed by atoms with Crippen LogP contribution >= 0.6 is 0 Å². The Bertz CT molecular complexity index is 678. The van der Waals surface area contributed by atoms with E-state index in [1.54, 1.807) is 0 Å². The molecule has 1 heterocycles. The van der Waals surface area contributed by atoms with Gasteiger partial charge in [-0.05, 0) is 19.1 Å². The number of benzene rings is 2. The number of rotatable bonds is 2. The summed E-state index contributed by atoms with van der Waals surface area (Å²) in [6.45, 7) is 1.97. The standard InChI is InChI=1S/C15H13N3/c1-11-13-9-5-6-10-14(13)15(18-17-11)16-12-7-3-2-4-8-12/h2-10H,1H3,(H,16,18). The lowest BCUT2D eigenvalue weighted by molar-refractivity contribution is 1.01. The van der Waals surface area contributed by atoms with E-state index in [0.717, 1.165) is 28.0 Å². The van der Waals surface area contributed by atoms with Crippen LogP contribution < -0.4 is 5.32 Å². The van der Waals surface area contributed by atoms with Crippen molar-refractivity contribution in [2.24, 2.45) is 0 Å². The molecule has 0 aliphatic rings. The fourth-order valence-corrected chi connectivity index (χ4v) is 1.99. The van der Waals surface area contributed by atoms with Crippen LogP contribution in [0.1, 0.15) is 5.69 Å². The average Bonchev–Trinajstić information content (AvgIpc) is 2.44. The third kappa shape index (κ3) is 1.91. The molecule has 3 heteroatoms. The number of para-hydroxylation sites is 1. The van der Waals surface area contributed by atoms with E-state index in [4.69, 9.17) is 0 Å². The van der Waals surface area contributed by atoms with Gasteiger partial charge in [-0.15, -0.1) is 5.10 Å². The van der Waals surface area contributed by atoms with Crippen LogP contribution in [0.5, 0.6) is 0 Å². The van der Waals surface area contributed by atoms with Crippen molar-refractivity contribution in [2.45, 2.75) is 6.92 Å². The van der Waals surface area contributed by atoms with Crippen molar-refractivity contribution in [3.05, 3.63) is 60.3 Å². The molecule has 0 amide bonds. The number of nitrogens with zero attached hydrogens (tertiary/aromatic N) is 2. The van der Waals surface area contributed by atoms with Crippen molar-refractivity contribution in [1.29, 1.82) is 0 Å². The Kier molecular flexibility index (Phi) is 2.65. The lowest BCUT2D eigenvalue weighted by Crippen LogP contribution is -1.98. The molecule has 0 saturated carbocycles. The second-order valence-electron chi connectivity index (χ2n) is 4.17. The van der Waals surface area contributed by atoms with Gasteiger partial charge in [0.15, 0.2) is 5.82 Å². The van der Waals surface area contributed by atoms with Crippen LogP contribution in [-0.4, -0.2) is 10.2 Å². The van der Waals surface area contributed by atoms with Crippen molar-refractivity contribution in [3.63, 3.8) is 0 Å². The molecular weight excluding hydrogens is 222 g/mol. The molecular formula is C15H13N3. The van der Waals surface area contributed by atoms with E-state index in [2.05, 4.69) is 27.6 Å². The summed E-state index contributed by atoms with van der Waals surface area (Å²) in [5, 5.41) is 14.0. The van der Waals surface area contributed by atoms with E-state index in [1.165, 1.54) is 0 Å². The molecule has 0 aliphatic carbocycles. The number of nitrogens with one attached hydrogen (secondary N) is 1. The van der Waals surface area contributed by atoms with Crippen molar-refractivity contribution >= 4 is 22.3 Å². The van der Waals surface area contributed by atoms with Gasteiger partial charge in [0.05, 0.1) is 5.69 Å². The molecule has 18 heavy (non-hydrogen) atoms. The quantitative estimate of drug-likeness (QED) is 0.736. The highest BCUT2D eigenvalue weighted by Crippen LogP contribution is 2.24. The van der Waals surface area contributed by atoms with E-state index in [1.807, 2.05) is 49.4 Å². The van der Waals surface area contributed by atoms with Gasteiger partial charge < -0.3 is 5.32 Å². The minimum absolute atomic E-state index is 0.794. The van der Waals surface area contributed by atoms with Crippen molar-refractivity contribution < 1.29 is 0 Å². The fraction of sp³-hybridized carbons (Fsp3) is 0.0667. The monoisotopic (exact) mass is 235 g/mol. The Morgan fingerprint density at radius 3 is 2.22 bits per heavy atom. The summed E-state index contributed by atoms with van der Waals surface area (Å²) in [7, 11) is 0. The van der Waals surface area contributed by atoms with Gasteiger partial charge in [0.2, 0.25) is 0 Å². The molecule has 0 bridgehead atoms. The van der Waals surface area contributed by atoms with Gasteiger partial charge in [-0.2, -0.15) is 5.10 Å². The maximum atomic E-state index is 4.24. The van der Waals surface area contributed by atoms with Crippen LogP contribution in [-0.2, 0) is 0 Å². The first-order valence-electron chi connectivity index (χ1n) is 5.89. The lowest BCUT2D eigenvalue weighted by Gasteiger charge is -2.09. The van der Waals surface area contributed by atoms with Crippen LogP contribution in [0.25, 0.3) is 10.8 Å². The van der Waals surface area contributed by atoms with Gasteiger partial charge in [0.25, 0.3) is 0 Å². The molecule has 0 spiro atoms. The van der Waals surface area contributed by atoms with E-state index in [9.17, 15) is 0 Å². The molecule has 1 N–H and O–H groups in total. The van der Waals surface area contributed by atoms with Gasteiger partial charge >= 0.3 is 0 Å². The van der Waals surface area contributed by atoms with Crippen molar-refractivity contribution in [2.75, 3.05) is 5.32 Å². The predicted molar refractivity (Wildman–Crippen MR) is 74.0 cm³/mol. The first kappa shape index (κ1) is 10.7. The van der Waals surface area contributed by atoms with Gasteiger partial charge in [-0.3, -0.25) is 0 Å². The van der Waals surface area contributed by atoms with Gasteiger partial charge in [-0.1, -0.05) is 42.5 Å². The Hall–Kier alpha value is -2.42. The van der Waals surface area contributed by atoms with Crippen molar-refractivity contribution in [1.82, 2.24) is 10.2 Å². The van der Waals surface area contributed by atoms with Crippen LogP contribution in [0.3, 0.4) is 0 Å². The zero-order valence-corrected chi connectivity index (χ0v) is 10.1. The second-order valence-corrected chi connectivity index (χ2v) is 4.17. The fourth-order valence-electron chi connectivity index (χ4n) is 1.99. The number of aromatic nitrogens is 2. The SMILES string of the molecule is Cc1nnc(Nc2ccccc2)c2ccccc12. The Labute approximate surface area is 105 Å². The zero-order valence-electron chi connectivity index (χ0n) is 10.1. The molecule has 3 rings (SSSR count). The summed E-state index contributed by atoms with van der Waals surface area (Å²) in [5.41, 5.74) is 1.96. The Balaban J connectivity index is 2.10. The molecule has 88 valence electrons. The number of anilines is 2. The van der Waals surface area contributed by atoms with E-state index < -0.39 is 0 Å². The number of hydrogen-bond donors (Lipinski definition) is 1. The van der Waals surface area contributed by atoms with Gasteiger partial charge in [0, 0.05) is 16.5 Å². The average molecular weight is 235 g/mol. The molecule has 3 aromatic rings. The lowest BCUT2D eigenvalue weighted by atomic mass is 10.1. The molecule has 0 fully saturated rings. The minimum Gasteiger partial charge on any atom is -0.338 e. The first-order chi connectivity index (χ1) is 8.84. The predicted octanol–water partition coefficient (Wildman–Crippen LogP) is 3.68. The molecule has 0 saturated heterocycles. The van der Waals surface area contributed by atoms with Crippen LogP contribution in [0.4, 0.5) is 11.5 Å². The molecule has 3 nitrogen and oxygen atoms in total. The summed E-state index contributed by atoms with van der Waals surface area (Å²) in [6.07, 6.45) is 0. The smallest absolute Gasteiger partial charge is 0.160 e. The third-order valence-electron chi connectivity index (χ3n) is 2.91. The van der Waals surface area contributed by atoms with E-state index >= 15 is 0 Å². The summed E-state index contributed by atoms with van der Waals surface area (Å²) in [4.78, 5) is 0. The first-order valence-corrected chi connectivity index (χ1v) is 5.89. The number of aryl methyl sites for hydroxylation is 1. The summed E-state index contributed by atoms with van der Waals surface area (Å²) in [5.74, 6) is 0.794. The van der Waals surface area contributed by atoms with Crippen LogP contribution in [0.2, 0.25) is 0 Å². The normalized spacial score (nSPS) is 10.5. The number of hydrogen-bond acceptors (Lipinski definition) is 3. The van der Waals surface area contributed by atoms with E-state index in [-0.39, 0.29) is 0 Å². The minimum atomic E-state index is 0.794. The van der Waals surface area contributed by atoms with Crippen LogP contribution in [0.15, 0.2) is 54.6 Å². The largest absolute Gasteiger partial charge is 0.338 e. The molecule has 0 unspecified atom stereocenters. The maximum absolute atomic E-state index is 4.24. The molecule has 2 aromatic carbocycles. The highest BCUT2D eigenvalue weighted by molar-refractivity contribution is 5.94. The molecule has 0 atom stereocenters. The third-order valence-corrected chi connectivity index (χ3v) is 2.91. The molecule has 0 radical (unpaired) electrons. The maximum Gasteiger partial charge on any atom is 0.160 e. The zero-order chi connectivity index (χ0) is 12.4. The van der Waals surface area contributed by atoms with Crippen molar-refractivity contribution in [3.8, 4) is 0 Å². The van der Waals surface area contributed by atoms with Gasteiger partial charge in [-0.25, -0.2) is 0 Å². The summed E-state index contributed by atoms with van der Waals surface area (Å²) >= 11 is 0. The summed E-state index contributed by atoms with van der Waals surface area (Å²) in [6, 6.07) is 18.1. The van der Waals surface area contributed by atoms with Crippen LogP contribution in [0, 0.1) is 6.92 Å². The number of fused-ring (bicyclic) bond motifs is 1. The topological polar surface area (TPSA) is 37.8 Å². The van der Waals surface area contributed by atoms with E-state index in [0.29, 0.717) is 0 Å². The highest BCUT2D eigenvalue weighted by atomic mass is 15.2. The highest BCUT2D eigenvalue weighted by Gasteiger charge is 2.05. The summed E-state index contributed by atoms with van der Waals surface area (Å²) < 4.78 is 0. The van der Waals surface area contributed by atoms with Gasteiger partial charge in [0.1, 0.15) is 0 Å². The second kappa shape index (κ2) is 4.45. The Morgan fingerprint density at radius 1 is 0.778 bits per heavy atom. The molecule has 1 aromatic heterocycles. The molecule has 0 aliphatic heterocycles. The Morgan fingerprint density at radius 2 is 1.44 bits per heavy atom.